The minimum Gasteiger partial charge on any atom is -0.444 e. The maximum Gasteiger partial charge on any atom is 0.410 e. The van der Waals surface area contributed by atoms with Gasteiger partial charge in [0, 0.05) is 41.3 Å². The lowest BCUT2D eigenvalue weighted by molar-refractivity contribution is 0.0199. The Morgan fingerprint density at radius 3 is 2.54 bits per heavy atom. The number of rotatable bonds is 3. The van der Waals surface area contributed by atoms with E-state index in [0.29, 0.717) is 36.5 Å². The average molecular weight is 495 g/mol. The molecule has 1 aliphatic rings. The van der Waals surface area contributed by atoms with Crippen LogP contribution in [0.5, 0.6) is 0 Å². The Bertz CT molecular complexity index is 1260. The van der Waals surface area contributed by atoms with Gasteiger partial charge in [-0.3, -0.25) is 4.79 Å². The summed E-state index contributed by atoms with van der Waals surface area (Å²) in [6, 6.07) is 11.6. The molecule has 2 heterocycles. The molecule has 0 bridgehead atoms. The smallest absolute Gasteiger partial charge is 0.410 e. The number of piperidine rings is 1. The summed E-state index contributed by atoms with van der Waals surface area (Å²) in [5.41, 5.74) is 8.94. The van der Waals surface area contributed by atoms with Gasteiger partial charge in [0.05, 0.1) is 5.56 Å². The number of pyridine rings is 1. The number of nitrogen functional groups attached to an aromatic ring is 1. The highest BCUT2D eigenvalue weighted by Gasteiger charge is 2.28. The molecule has 7 nitrogen and oxygen atoms in total. The Labute approximate surface area is 210 Å². The largest absolute Gasteiger partial charge is 0.444 e. The van der Waals surface area contributed by atoms with Crippen LogP contribution < -0.4 is 11.1 Å². The zero-order chi connectivity index (χ0) is 25.3. The van der Waals surface area contributed by atoms with Gasteiger partial charge in [0.2, 0.25) is 0 Å². The first-order valence-corrected chi connectivity index (χ1v) is 12.1. The Morgan fingerprint density at radius 1 is 1.17 bits per heavy atom. The van der Waals surface area contributed by atoms with Crippen LogP contribution in [0.2, 0.25) is 5.02 Å². The third kappa shape index (κ3) is 5.51. The summed E-state index contributed by atoms with van der Waals surface area (Å²) < 4.78 is 5.45. The topological polar surface area (TPSA) is 97.5 Å². The highest BCUT2D eigenvalue weighted by molar-refractivity contribution is 6.33. The minimum atomic E-state index is -0.536. The third-order valence-electron chi connectivity index (χ3n) is 6.14. The van der Waals surface area contributed by atoms with Gasteiger partial charge in [0.25, 0.3) is 5.91 Å². The number of aryl methyl sites for hydroxylation is 1. The second-order valence-corrected chi connectivity index (χ2v) is 10.4. The molecule has 0 unspecified atom stereocenters. The van der Waals surface area contributed by atoms with E-state index in [1.54, 1.807) is 11.1 Å². The van der Waals surface area contributed by atoms with E-state index in [1.807, 2.05) is 64.1 Å². The molecule has 0 atom stereocenters. The number of nitrogens with two attached hydrogens (primary N) is 1. The number of benzene rings is 2. The summed E-state index contributed by atoms with van der Waals surface area (Å²) in [5, 5.41) is 5.29. The standard InChI is InChI=1S/C27H31ClN4O3/c1-16-6-5-7-21(28)22(16)17-8-9-20-18(14-17)15-30-24(29)23(20)25(33)31-19-10-12-32(13-11-19)26(34)35-27(2,3)4/h5-9,14-15,19H,10-13H2,1-4H3,(H2,29,30)(H,31,33). The van der Waals surface area contributed by atoms with Crippen LogP contribution in [0.1, 0.15) is 49.5 Å². The van der Waals surface area contributed by atoms with Gasteiger partial charge in [0.1, 0.15) is 11.4 Å². The van der Waals surface area contributed by atoms with E-state index in [9.17, 15) is 9.59 Å². The first-order chi connectivity index (χ1) is 16.5. The van der Waals surface area contributed by atoms with Crippen LogP contribution in [-0.2, 0) is 4.74 Å². The predicted molar refractivity (Wildman–Crippen MR) is 140 cm³/mol. The number of anilines is 1. The lowest BCUT2D eigenvalue weighted by Gasteiger charge is -2.33. The maximum absolute atomic E-state index is 13.3. The molecule has 1 aliphatic heterocycles. The maximum atomic E-state index is 13.3. The van der Waals surface area contributed by atoms with E-state index in [-0.39, 0.29) is 23.9 Å². The highest BCUT2D eigenvalue weighted by Crippen LogP contribution is 2.34. The number of carbonyl (C=O) groups excluding carboxylic acids is 2. The van der Waals surface area contributed by atoms with Gasteiger partial charge in [-0.15, -0.1) is 0 Å². The molecule has 4 rings (SSSR count). The number of nitrogens with zero attached hydrogens (tertiary/aromatic N) is 2. The zero-order valence-electron chi connectivity index (χ0n) is 20.5. The molecule has 184 valence electrons. The fourth-order valence-electron chi connectivity index (χ4n) is 4.42. The van der Waals surface area contributed by atoms with Gasteiger partial charge in [0.15, 0.2) is 0 Å². The predicted octanol–water partition coefficient (Wildman–Crippen LogP) is 5.58. The lowest BCUT2D eigenvalue weighted by Crippen LogP contribution is -2.47. The molecule has 2 amide bonds. The number of nitrogens with one attached hydrogen (secondary N) is 1. The molecule has 3 aromatic rings. The molecule has 0 aliphatic carbocycles. The van der Waals surface area contributed by atoms with Crippen LogP contribution in [0.4, 0.5) is 10.6 Å². The van der Waals surface area contributed by atoms with Crippen LogP contribution >= 0.6 is 11.6 Å². The summed E-state index contributed by atoms with van der Waals surface area (Å²) in [7, 11) is 0. The molecule has 35 heavy (non-hydrogen) atoms. The summed E-state index contributed by atoms with van der Waals surface area (Å²) in [5.74, 6) is -0.0825. The van der Waals surface area contributed by atoms with Gasteiger partial charge in [-0.25, -0.2) is 9.78 Å². The molecule has 8 heteroatoms. The van der Waals surface area contributed by atoms with Crippen molar-refractivity contribution in [1.29, 1.82) is 0 Å². The highest BCUT2D eigenvalue weighted by atomic mass is 35.5. The Hall–Kier alpha value is -3.32. The SMILES string of the molecule is Cc1cccc(Cl)c1-c1ccc2c(C(=O)NC3CCN(C(=O)OC(C)(C)C)CC3)c(N)ncc2c1. The molecule has 2 aromatic carbocycles. The number of halogens is 1. The van der Waals surface area contributed by atoms with Crippen LogP contribution in [-0.4, -0.2) is 46.6 Å². The van der Waals surface area contributed by atoms with Crippen LogP contribution in [0, 0.1) is 6.92 Å². The number of hydrogen-bond donors (Lipinski definition) is 2. The van der Waals surface area contributed by atoms with E-state index in [1.165, 1.54) is 0 Å². The quantitative estimate of drug-likeness (QED) is 0.495. The van der Waals surface area contributed by atoms with Crippen LogP contribution in [0.15, 0.2) is 42.6 Å². The summed E-state index contributed by atoms with van der Waals surface area (Å²) >= 11 is 6.46. The van der Waals surface area contributed by atoms with E-state index in [0.717, 1.165) is 27.5 Å². The number of likely N-dealkylation sites (tertiary alicyclic amines) is 1. The Balaban J connectivity index is 1.51. The number of ether oxygens (including phenoxy) is 1. The summed E-state index contributed by atoms with van der Waals surface area (Å²) in [4.78, 5) is 31.5. The van der Waals surface area contributed by atoms with Gasteiger partial charge in [-0.05, 0) is 69.2 Å². The van der Waals surface area contributed by atoms with Gasteiger partial charge in [-0.1, -0.05) is 35.9 Å². The van der Waals surface area contributed by atoms with Crippen molar-refractivity contribution >= 4 is 40.2 Å². The number of carbonyl (C=O) groups is 2. The Morgan fingerprint density at radius 2 is 1.89 bits per heavy atom. The van der Waals surface area contributed by atoms with E-state index >= 15 is 0 Å². The van der Waals surface area contributed by atoms with Crippen molar-refractivity contribution in [1.82, 2.24) is 15.2 Å². The second kappa shape index (κ2) is 9.74. The second-order valence-electron chi connectivity index (χ2n) is 9.97. The monoisotopic (exact) mass is 494 g/mol. The van der Waals surface area contributed by atoms with E-state index in [2.05, 4.69) is 10.3 Å². The van der Waals surface area contributed by atoms with Crippen molar-refractivity contribution in [3.05, 3.63) is 58.7 Å². The van der Waals surface area contributed by atoms with Gasteiger partial charge >= 0.3 is 6.09 Å². The molecular formula is C27H31ClN4O3. The first-order valence-electron chi connectivity index (χ1n) is 11.8. The first kappa shape index (κ1) is 24.8. The fraction of sp³-hybridized carbons (Fsp3) is 0.370. The zero-order valence-corrected chi connectivity index (χ0v) is 21.3. The van der Waals surface area contributed by atoms with Crippen molar-refractivity contribution < 1.29 is 14.3 Å². The number of hydrogen-bond acceptors (Lipinski definition) is 5. The third-order valence-corrected chi connectivity index (χ3v) is 6.45. The van der Waals surface area contributed by atoms with Crippen molar-refractivity contribution in [3.63, 3.8) is 0 Å². The summed E-state index contributed by atoms with van der Waals surface area (Å²) in [6.07, 6.45) is 2.63. The van der Waals surface area contributed by atoms with E-state index < -0.39 is 5.60 Å². The normalized spacial score (nSPS) is 14.7. The molecule has 0 saturated carbocycles. The molecule has 0 spiro atoms. The molecule has 3 N–H and O–H groups in total. The number of aromatic nitrogens is 1. The van der Waals surface area contributed by atoms with Gasteiger partial charge in [-0.2, -0.15) is 0 Å². The van der Waals surface area contributed by atoms with Crippen LogP contribution in [0.25, 0.3) is 21.9 Å². The van der Waals surface area contributed by atoms with Gasteiger partial charge < -0.3 is 20.7 Å². The molecule has 1 fully saturated rings. The minimum absolute atomic E-state index is 0.0686. The fourth-order valence-corrected chi connectivity index (χ4v) is 4.75. The van der Waals surface area contributed by atoms with Crippen molar-refractivity contribution in [3.8, 4) is 11.1 Å². The average Bonchev–Trinajstić information content (AvgIpc) is 2.78. The Kier molecular flexibility index (Phi) is 6.90. The number of fused-ring (bicyclic) bond motifs is 1. The van der Waals surface area contributed by atoms with Crippen LogP contribution in [0.3, 0.4) is 0 Å². The van der Waals surface area contributed by atoms with Crippen molar-refractivity contribution in [2.24, 2.45) is 0 Å². The molecular weight excluding hydrogens is 464 g/mol. The van der Waals surface area contributed by atoms with Crippen molar-refractivity contribution in [2.45, 2.75) is 52.2 Å². The summed E-state index contributed by atoms with van der Waals surface area (Å²) in [6.45, 7) is 8.59. The van der Waals surface area contributed by atoms with Crippen molar-refractivity contribution in [2.75, 3.05) is 18.8 Å². The molecule has 1 aromatic heterocycles. The lowest BCUT2D eigenvalue weighted by atomic mass is 9.96. The van der Waals surface area contributed by atoms with E-state index in [4.69, 9.17) is 22.1 Å². The number of amides is 2. The molecule has 1 saturated heterocycles. The molecule has 0 radical (unpaired) electrons.